The lowest BCUT2D eigenvalue weighted by atomic mass is 10.1. The van der Waals surface area contributed by atoms with Gasteiger partial charge < -0.3 is 26.2 Å². The average molecular weight is 585 g/mol. The number of alkyl halides is 3. The molecule has 2 heterocycles. The number of nitrogens with one attached hydrogen (secondary N) is 3. The summed E-state index contributed by atoms with van der Waals surface area (Å²) in [5.41, 5.74) is 7.25. The fraction of sp³-hybridized carbons (Fsp3) is 0.333. The van der Waals surface area contributed by atoms with Gasteiger partial charge >= 0.3 is 6.03 Å². The van der Waals surface area contributed by atoms with Crippen LogP contribution < -0.4 is 26.6 Å². The lowest BCUT2D eigenvalue weighted by Crippen LogP contribution is -2.62. The first-order valence-electron chi connectivity index (χ1n) is 11.5. The summed E-state index contributed by atoms with van der Waals surface area (Å²) in [4.78, 5) is 31.8. The van der Waals surface area contributed by atoms with Crippen LogP contribution in [0.15, 0.2) is 48.5 Å². The Kier molecular flexibility index (Phi) is 10.4. The standard InChI is InChI=1S/C24H28Cl3N7O2S/c1-29-13-12-17-8-6-16(7-9-17)10-11-20(35)32-21(24(25,26)27)34-15-3-14-33(23(34)37)19-5-2-4-18(30-19)31-22(28)36/h2,4-11,21,29H,3,12-15H2,1H3,(H,32,35)(H3,28,30,31,36)/b11-10+. The quantitative estimate of drug-likeness (QED) is 0.202. The molecule has 3 rings (SSSR count). The molecule has 1 atom stereocenters. The average Bonchev–Trinajstić information content (AvgIpc) is 2.85. The topological polar surface area (TPSA) is 116 Å². The molecule has 198 valence electrons. The molecular weight excluding hydrogens is 557 g/mol. The van der Waals surface area contributed by atoms with E-state index in [0.717, 1.165) is 18.5 Å². The Balaban J connectivity index is 1.72. The number of hydrogen-bond donors (Lipinski definition) is 4. The van der Waals surface area contributed by atoms with Crippen LogP contribution >= 0.6 is 47.0 Å². The second-order valence-corrected chi connectivity index (χ2v) is 11.0. The van der Waals surface area contributed by atoms with Crippen LogP contribution in [0.1, 0.15) is 17.5 Å². The minimum Gasteiger partial charge on any atom is -0.351 e. The van der Waals surface area contributed by atoms with Gasteiger partial charge in [-0.25, -0.2) is 9.78 Å². The molecule has 0 radical (unpaired) electrons. The number of thiocarbonyl (C=S) groups is 1. The van der Waals surface area contributed by atoms with Crippen LogP contribution in [0.2, 0.25) is 0 Å². The predicted molar refractivity (Wildman–Crippen MR) is 154 cm³/mol. The van der Waals surface area contributed by atoms with Crippen molar-refractivity contribution in [3.05, 3.63) is 59.7 Å². The normalized spacial score (nSPS) is 15.1. The van der Waals surface area contributed by atoms with Crippen molar-refractivity contribution in [3.8, 4) is 0 Å². The summed E-state index contributed by atoms with van der Waals surface area (Å²) in [6.07, 6.45) is 3.60. The Morgan fingerprint density at radius 1 is 1.19 bits per heavy atom. The largest absolute Gasteiger partial charge is 0.351 e. The zero-order chi connectivity index (χ0) is 27.0. The Labute approximate surface area is 236 Å². The molecule has 9 nitrogen and oxygen atoms in total. The van der Waals surface area contributed by atoms with Crippen molar-refractivity contribution in [1.29, 1.82) is 0 Å². The number of aromatic nitrogens is 1. The van der Waals surface area contributed by atoms with Crippen molar-refractivity contribution in [2.45, 2.75) is 22.8 Å². The summed E-state index contributed by atoms with van der Waals surface area (Å²) >= 11 is 24.5. The van der Waals surface area contributed by atoms with Gasteiger partial charge in [-0.1, -0.05) is 65.1 Å². The minimum absolute atomic E-state index is 0.274. The van der Waals surface area contributed by atoms with E-state index in [1.54, 1.807) is 34.1 Å². The molecule has 0 aliphatic carbocycles. The van der Waals surface area contributed by atoms with Crippen LogP contribution in [0.3, 0.4) is 0 Å². The van der Waals surface area contributed by atoms with Crippen molar-refractivity contribution in [3.63, 3.8) is 0 Å². The highest BCUT2D eigenvalue weighted by Crippen LogP contribution is 2.34. The number of halogens is 3. The van der Waals surface area contributed by atoms with Gasteiger partial charge in [0.05, 0.1) is 0 Å². The number of rotatable bonds is 9. The van der Waals surface area contributed by atoms with Crippen molar-refractivity contribution in [1.82, 2.24) is 20.5 Å². The molecule has 0 bridgehead atoms. The Bertz CT molecular complexity index is 1140. The van der Waals surface area contributed by atoms with E-state index in [0.29, 0.717) is 30.4 Å². The first kappa shape index (κ1) is 28.9. The van der Waals surface area contributed by atoms with E-state index in [-0.39, 0.29) is 5.82 Å². The number of likely N-dealkylation sites (N-methyl/N-ethyl adjacent to an activating group) is 1. The molecule has 1 saturated heterocycles. The highest BCUT2D eigenvalue weighted by Gasteiger charge is 2.42. The second-order valence-electron chi connectivity index (χ2n) is 8.23. The SMILES string of the molecule is CNCCc1ccc(/C=C/C(=O)NC(N2CCCN(c3cccc(NC(N)=O)n3)C2=S)C(Cl)(Cl)Cl)cc1. The summed E-state index contributed by atoms with van der Waals surface area (Å²) in [5.74, 6) is 0.311. The van der Waals surface area contributed by atoms with Crippen molar-refractivity contribution in [2.24, 2.45) is 5.73 Å². The molecule has 1 unspecified atom stereocenters. The number of nitrogens with zero attached hydrogens (tertiary/aromatic N) is 3. The van der Waals surface area contributed by atoms with Gasteiger partial charge in [0.15, 0.2) is 11.3 Å². The molecule has 1 fully saturated rings. The summed E-state index contributed by atoms with van der Waals surface area (Å²) < 4.78 is -1.88. The van der Waals surface area contributed by atoms with Crippen LogP contribution in [0.25, 0.3) is 6.08 Å². The zero-order valence-electron chi connectivity index (χ0n) is 20.1. The maximum absolute atomic E-state index is 12.8. The number of hydrogen-bond acceptors (Lipinski definition) is 5. The van der Waals surface area contributed by atoms with Gasteiger partial charge in [-0.15, -0.1) is 0 Å². The molecule has 0 spiro atoms. The maximum atomic E-state index is 12.8. The molecule has 13 heteroatoms. The zero-order valence-corrected chi connectivity index (χ0v) is 23.2. The summed E-state index contributed by atoms with van der Waals surface area (Å²) in [7, 11) is 1.91. The third kappa shape index (κ3) is 8.44. The van der Waals surface area contributed by atoms with Gasteiger partial charge in [0, 0.05) is 19.2 Å². The number of carbonyl (C=O) groups excluding carboxylic acids is 2. The molecule has 1 aromatic heterocycles. The van der Waals surface area contributed by atoms with E-state index in [1.807, 2.05) is 31.3 Å². The molecule has 1 aromatic carbocycles. The fourth-order valence-corrected chi connectivity index (χ4v) is 4.62. The number of pyridine rings is 1. The lowest BCUT2D eigenvalue weighted by molar-refractivity contribution is -0.117. The van der Waals surface area contributed by atoms with Crippen LogP contribution in [-0.2, 0) is 11.2 Å². The Hall–Kier alpha value is -2.63. The van der Waals surface area contributed by atoms with Crippen LogP contribution in [0.5, 0.6) is 0 Å². The number of nitrogens with two attached hydrogens (primary N) is 1. The maximum Gasteiger partial charge on any atom is 0.317 e. The molecular formula is C24H28Cl3N7O2S. The van der Waals surface area contributed by atoms with Crippen molar-refractivity contribution < 1.29 is 9.59 Å². The number of benzene rings is 1. The van der Waals surface area contributed by atoms with Gasteiger partial charge in [-0.2, -0.15) is 0 Å². The van der Waals surface area contributed by atoms with Crippen LogP contribution in [-0.4, -0.2) is 63.6 Å². The van der Waals surface area contributed by atoms with E-state index in [2.05, 4.69) is 20.9 Å². The van der Waals surface area contributed by atoms with Gasteiger partial charge in [0.25, 0.3) is 0 Å². The lowest BCUT2D eigenvalue weighted by Gasteiger charge is -2.44. The summed E-state index contributed by atoms with van der Waals surface area (Å²) in [6, 6.07) is 12.2. The van der Waals surface area contributed by atoms with E-state index in [4.69, 9.17) is 52.8 Å². The molecule has 37 heavy (non-hydrogen) atoms. The highest BCUT2D eigenvalue weighted by atomic mass is 35.6. The van der Waals surface area contributed by atoms with Crippen molar-refractivity contribution >= 4 is 81.8 Å². The van der Waals surface area contributed by atoms with Gasteiger partial charge in [0.1, 0.15) is 11.6 Å². The number of urea groups is 1. The third-order valence-corrected chi connectivity index (χ3v) is 6.57. The van der Waals surface area contributed by atoms with Crippen LogP contribution in [0, 0.1) is 0 Å². The molecule has 3 amide bonds. The smallest absolute Gasteiger partial charge is 0.317 e. The molecule has 5 N–H and O–H groups in total. The van der Waals surface area contributed by atoms with Gasteiger partial charge in [-0.3, -0.25) is 10.1 Å². The monoisotopic (exact) mass is 583 g/mol. The van der Waals surface area contributed by atoms with E-state index < -0.39 is 21.9 Å². The second kappa shape index (κ2) is 13.3. The summed E-state index contributed by atoms with van der Waals surface area (Å²) in [6.45, 7) is 1.88. The minimum atomic E-state index is -1.88. The third-order valence-electron chi connectivity index (χ3n) is 5.49. The Morgan fingerprint density at radius 3 is 2.57 bits per heavy atom. The fourth-order valence-electron chi connectivity index (χ4n) is 3.72. The summed E-state index contributed by atoms with van der Waals surface area (Å²) in [5, 5.41) is 8.63. The van der Waals surface area contributed by atoms with Gasteiger partial charge in [0.2, 0.25) is 9.70 Å². The van der Waals surface area contributed by atoms with E-state index in [9.17, 15) is 9.59 Å². The first-order valence-corrected chi connectivity index (χ1v) is 13.0. The number of primary amides is 1. The highest BCUT2D eigenvalue weighted by molar-refractivity contribution is 7.80. The first-order chi connectivity index (χ1) is 17.6. The Morgan fingerprint density at radius 2 is 1.92 bits per heavy atom. The van der Waals surface area contributed by atoms with Crippen LogP contribution in [0.4, 0.5) is 16.4 Å². The number of amides is 3. The molecule has 2 aromatic rings. The van der Waals surface area contributed by atoms with E-state index >= 15 is 0 Å². The van der Waals surface area contributed by atoms with Crippen molar-refractivity contribution in [2.75, 3.05) is 36.9 Å². The van der Waals surface area contributed by atoms with E-state index in [1.165, 1.54) is 11.6 Å². The van der Waals surface area contributed by atoms with Gasteiger partial charge in [-0.05, 0) is 68.0 Å². The number of carbonyl (C=O) groups is 2. The molecule has 1 aliphatic rings. The molecule has 0 saturated carbocycles. The molecule has 1 aliphatic heterocycles. The number of anilines is 2. The predicted octanol–water partition coefficient (Wildman–Crippen LogP) is 3.66.